The first-order valence-electron chi connectivity index (χ1n) is 9.47. The molecule has 0 aromatic carbocycles. The van der Waals surface area contributed by atoms with Crippen molar-refractivity contribution in [1.82, 2.24) is 0 Å². The molecule has 0 saturated heterocycles. The number of methoxy groups -OCH3 is 1. The van der Waals surface area contributed by atoms with E-state index in [0.717, 1.165) is 30.3 Å². The molecule has 0 aromatic heterocycles. The molecule has 2 fully saturated rings. The third-order valence-electron chi connectivity index (χ3n) is 5.89. The monoisotopic (exact) mass is 292 g/mol. The van der Waals surface area contributed by atoms with E-state index >= 15 is 0 Å². The summed E-state index contributed by atoms with van der Waals surface area (Å²) in [6.45, 7) is 3.23. The second-order valence-corrected chi connectivity index (χ2v) is 7.54. The Morgan fingerprint density at radius 3 is 1.86 bits per heavy atom. The van der Waals surface area contributed by atoms with Crippen molar-refractivity contribution in [3.63, 3.8) is 0 Å². The lowest BCUT2D eigenvalue weighted by Gasteiger charge is -2.31. The van der Waals surface area contributed by atoms with Crippen molar-refractivity contribution in [3.8, 4) is 0 Å². The van der Waals surface area contributed by atoms with Gasteiger partial charge in [-0.15, -0.1) is 0 Å². The molecule has 0 atom stereocenters. The molecule has 2 aliphatic rings. The van der Waals surface area contributed by atoms with Crippen LogP contribution in [0.4, 0.5) is 0 Å². The van der Waals surface area contributed by atoms with Crippen molar-refractivity contribution >= 4 is 0 Å². The van der Waals surface area contributed by atoms with Crippen molar-refractivity contribution in [2.75, 3.05) is 13.7 Å². The molecule has 0 unspecified atom stereocenters. The van der Waals surface area contributed by atoms with Gasteiger partial charge in [0, 0.05) is 13.7 Å². The zero-order valence-corrected chi connectivity index (χ0v) is 14.4. The van der Waals surface area contributed by atoms with E-state index in [4.69, 9.17) is 4.74 Å². The van der Waals surface area contributed by atoms with Crippen LogP contribution in [-0.4, -0.2) is 13.7 Å². The van der Waals surface area contributed by atoms with Crippen molar-refractivity contribution in [1.29, 1.82) is 0 Å². The lowest BCUT2D eigenvalue weighted by molar-refractivity contribution is 0.115. The Kier molecular flexibility index (Phi) is 7.85. The Morgan fingerprint density at radius 2 is 1.33 bits per heavy atom. The van der Waals surface area contributed by atoms with Gasteiger partial charge in [0.15, 0.2) is 0 Å². The van der Waals surface area contributed by atoms with Crippen LogP contribution in [0.3, 0.4) is 0 Å². The molecule has 2 rings (SSSR count). The van der Waals surface area contributed by atoms with Gasteiger partial charge in [-0.25, -0.2) is 0 Å². The molecule has 0 N–H and O–H groups in total. The minimum Gasteiger partial charge on any atom is -0.384 e. The minimum absolute atomic E-state index is 0.854. The highest BCUT2D eigenvalue weighted by Gasteiger charge is 2.24. The Morgan fingerprint density at radius 1 is 0.810 bits per heavy atom. The zero-order valence-electron chi connectivity index (χ0n) is 14.4. The normalized spacial score (nSPS) is 34.4. The van der Waals surface area contributed by atoms with Crippen LogP contribution in [0.25, 0.3) is 0 Å². The lowest BCUT2D eigenvalue weighted by Crippen LogP contribution is -2.19. The number of rotatable bonds is 7. The van der Waals surface area contributed by atoms with E-state index < -0.39 is 0 Å². The second kappa shape index (κ2) is 9.66. The highest BCUT2D eigenvalue weighted by molar-refractivity contribution is 4.90. The van der Waals surface area contributed by atoms with Crippen LogP contribution in [0, 0.1) is 23.7 Å². The molecule has 1 heteroatoms. The molecular formula is C20H36O. The number of hydrogen-bond donors (Lipinski definition) is 0. The number of allylic oxidation sites excluding steroid dienone is 2. The zero-order chi connectivity index (χ0) is 14.9. The summed E-state index contributed by atoms with van der Waals surface area (Å²) in [4.78, 5) is 0. The molecule has 0 aromatic rings. The van der Waals surface area contributed by atoms with Gasteiger partial charge in [0.2, 0.25) is 0 Å². The summed E-state index contributed by atoms with van der Waals surface area (Å²) in [5.74, 6) is 3.81. The van der Waals surface area contributed by atoms with E-state index in [-0.39, 0.29) is 0 Å². The van der Waals surface area contributed by atoms with Crippen molar-refractivity contribution in [3.05, 3.63) is 12.2 Å². The Hall–Kier alpha value is -0.300. The maximum atomic E-state index is 5.30. The van der Waals surface area contributed by atoms with E-state index in [1.54, 1.807) is 0 Å². The predicted molar refractivity (Wildman–Crippen MR) is 91.4 cm³/mol. The van der Waals surface area contributed by atoms with Crippen LogP contribution in [0.1, 0.15) is 77.6 Å². The summed E-state index contributed by atoms with van der Waals surface area (Å²) < 4.78 is 5.30. The first-order valence-corrected chi connectivity index (χ1v) is 9.47. The van der Waals surface area contributed by atoms with Crippen LogP contribution in [0.5, 0.6) is 0 Å². The lowest BCUT2D eigenvalue weighted by atomic mass is 9.75. The second-order valence-electron chi connectivity index (χ2n) is 7.54. The third kappa shape index (κ3) is 6.14. The standard InChI is InChI=1S/C20H36O/c1-3-4-5-17-6-8-18(9-7-17)10-11-19-12-14-20(15-13-19)16-21-2/h4-5,17-20H,3,6-16H2,1-2H3/b5-4+. The predicted octanol–water partition coefficient (Wildman–Crippen LogP) is 5.99. The fourth-order valence-corrected chi connectivity index (χ4v) is 4.39. The molecular weight excluding hydrogens is 256 g/mol. The first kappa shape index (κ1) is 17.1. The molecule has 0 amide bonds. The largest absolute Gasteiger partial charge is 0.384 e. The molecule has 1 nitrogen and oxygen atoms in total. The van der Waals surface area contributed by atoms with E-state index in [1.807, 2.05) is 7.11 Å². The van der Waals surface area contributed by atoms with Crippen LogP contribution in [-0.2, 0) is 4.74 Å². The Balaban J connectivity index is 1.57. The topological polar surface area (TPSA) is 9.23 Å². The summed E-state index contributed by atoms with van der Waals surface area (Å²) in [6, 6.07) is 0. The van der Waals surface area contributed by atoms with E-state index in [9.17, 15) is 0 Å². The molecule has 2 saturated carbocycles. The summed E-state index contributed by atoms with van der Waals surface area (Å²) in [7, 11) is 1.85. The van der Waals surface area contributed by atoms with Crippen LogP contribution in [0.2, 0.25) is 0 Å². The smallest absolute Gasteiger partial charge is 0.0490 e. The van der Waals surface area contributed by atoms with Gasteiger partial charge in [-0.05, 0) is 68.6 Å². The molecule has 21 heavy (non-hydrogen) atoms. The molecule has 0 heterocycles. The summed E-state index contributed by atoms with van der Waals surface area (Å²) in [6.07, 6.45) is 20.6. The Labute approximate surface area is 132 Å². The van der Waals surface area contributed by atoms with Gasteiger partial charge in [0.05, 0.1) is 0 Å². The average molecular weight is 293 g/mol. The average Bonchev–Trinajstić information content (AvgIpc) is 2.53. The summed E-state index contributed by atoms with van der Waals surface area (Å²) in [5, 5.41) is 0. The SMILES string of the molecule is CC/C=C/C1CCC(CCC2CCC(COC)CC2)CC1. The van der Waals surface area contributed by atoms with Crippen LogP contribution >= 0.6 is 0 Å². The van der Waals surface area contributed by atoms with Crippen molar-refractivity contribution in [2.45, 2.75) is 77.6 Å². The van der Waals surface area contributed by atoms with Gasteiger partial charge in [-0.3, -0.25) is 0 Å². The van der Waals surface area contributed by atoms with E-state index in [2.05, 4.69) is 19.1 Å². The molecule has 0 bridgehead atoms. The van der Waals surface area contributed by atoms with Gasteiger partial charge < -0.3 is 4.74 Å². The Bertz CT molecular complexity index is 280. The number of hydrogen-bond acceptors (Lipinski definition) is 1. The highest BCUT2D eigenvalue weighted by Crippen LogP contribution is 2.36. The summed E-state index contributed by atoms with van der Waals surface area (Å²) >= 11 is 0. The fourth-order valence-electron chi connectivity index (χ4n) is 4.39. The van der Waals surface area contributed by atoms with Gasteiger partial charge in [-0.1, -0.05) is 44.8 Å². The van der Waals surface area contributed by atoms with E-state index in [1.165, 1.54) is 70.6 Å². The number of ether oxygens (including phenoxy) is 1. The third-order valence-corrected chi connectivity index (χ3v) is 5.89. The van der Waals surface area contributed by atoms with E-state index in [0.29, 0.717) is 0 Å². The molecule has 0 spiro atoms. The van der Waals surface area contributed by atoms with Gasteiger partial charge in [0.1, 0.15) is 0 Å². The quantitative estimate of drug-likeness (QED) is 0.523. The van der Waals surface area contributed by atoms with Crippen molar-refractivity contribution < 1.29 is 4.74 Å². The minimum atomic E-state index is 0.854. The maximum absolute atomic E-state index is 5.30. The summed E-state index contributed by atoms with van der Waals surface area (Å²) in [5.41, 5.74) is 0. The molecule has 0 radical (unpaired) electrons. The van der Waals surface area contributed by atoms with Gasteiger partial charge in [0.25, 0.3) is 0 Å². The molecule has 2 aliphatic carbocycles. The van der Waals surface area contributed by atoms with Crippen LogP contribution < -0.4 is 0 Å². The first-order chi connectivity index (χ1) is 10.3. The van der Waals surface area contributed by atoms with Crippen LogP contribution in [0.15, 0.2) is 12.2 Å². The molecule has 122 valence electrons. The van der Waals surface area contributed by atoms with Crippen molar-refractivity contribution in [2.24, 2.45) is 23.7 Å². The molecule has 0 aliphatic heterocycles. The van der Waals surface area contributed by atoms with Gasteiger partial charge >= 0.3 is 0 Å². The maximum Gasteiger partial charge on any atom is 0.0490 e. The fraction of sp³-hybridized carbons (Fsp3) is 0.900. The highest BCUT2D eigenvalue weighted by atomic mass is 16.5. The van der Waals surface area contributed by atoms with Gasteiger partial charge in [-0.2, -0.15) is 0 Å².